The highest BCUT2D eigenvalue weighted by Gasteiger charge is 2.13. The molecule has 2 aromatic heterocycles. The molecule has 0 saturated heterocycles. The zero-order valence-corrected chi connectivity index (χ0v) is 10.5. The monoisotopic (exact) mass is 216 g/mol. The maximum absolute atomic E-state index is 4.82. The van der Waals surface area contributed by atoms with Crippen molar-refractivity contribution in [2.45, 2.75) is 46.0 Å². The first-order chi connectivity index (χ1) is 7.63. The Morgan fingerprint density at radius 2 is 2.06 bits per heavy atom. The van der Waals surface area contributed by atoms with Crippen LogP contribution in [0, 0.1) is 0 Å². The van der Waals surface area contributed by atoms with Crippen LogP contribution in [-0.4, -0.2) is 9.97 Å². The van der Waals surface area contributed by atoms with Gasteiger partial charge in [-0.15, -0.1) is 0 Å². The van der Waals surface area contributed by atoms with E-state index in [1.165, 1.54) is 22.3 Å². The lowest BCUT2D eigenvalue weighted by Crippen LogP contribution is -2.01. The van der Waals surface area contributed by atoms with Crippen LogP contribution in [0.25, 0.3) is 10.9 Å². The van der Waals surface area contributed by atoms with Gasteiger partial charge in [0.15, 0.2) is 0 Å². The van der Waals surface area contributed by atoms with E-state index in [1.807, 2.05) is 6.20 Å². The molecule has 2 rings (SSSR count). The molecule has 0 bridgehead atoms. The van der Waals surface area contributed by atoms with Crippen LogP contribution in [0.15, 0.2) is 18.3 Å². The van der Waals surface area contributed by atoms with Gasteiger partial charge in [-0.3, -0.25) is 4.98 Å². The fourth-order valence-corrected chi connectivity index (χ4v) is 1.97. The Morgan fingerprint density at radius 3 is 2.69 bits per heavy atom. The van der Waals surface area contributed by atoms with Gasteiger partial charge in [0, 0.05) is 22.8 Å². The van der Waals surface area contributed by atoms with Crippen molar-refractivity contribution in [3.05, 3.63) is 29.7 Å². The maximum atomic E-state index is 4.82. The largest absolute Gasteiger partial charge is 0.361 e. The molecule has 0 aliphatic heterocycles. The second-order valence-electron chi connectivity index (χ2n) is 4.84. The van der Waals surface area contributed by atoms with Crippen molar-refractivity contribution in [1.82, 2.24) is 9.97 Å². The van der Waals surface area contributed by atoms with Crippen molar-refractivity contribution in [3.8, 4) is 0 Å². The van der Waals surface area contributed by atoms with Gasteiger partial charge in [0.05, 0.1) is 5.69 Å². The van der Waals surface area contributed by atoms with Crippen LogP contribution in [0.3, 0.4) is 0 Å². The van der Waals surface area contributed by atoms with Crippen LogP contribution >= 0.6 is 0 Å². The third-order valence-electron chi connectivity index (χ3n) is 3.27. The Balaban J connectivity index is 2.63. The van der Waals surface area contributed by atoms with Gasteiger partial charge in [-0.1, -0.05) is 27.7 Å². The Morgan fingerprint density at radius 1 is 1.31 bits per heavy atom. The highest BCUT2D eigenvalue weighted by molar-refractivity contribution is 5.82. The quantitative estimate of drug-likeness (QED) is 0.818. The summed E-state index contributed by atoms with van der Waals surface area (Å²) in [7, 11) is 0. The Labute approximate surface area is 97.1 Å². The number of aromatic amines is 1. The molecule has 2 nitrogen and oxygen atoms in total. The first kappa shape index (κ1) is 11.2. The van der Waals surface area contributed by atoms with E-state index in [0.29, 0.717) is 11.8 Å². The zero-order valence-electron chi connectivity index (χ0n) is 10.5. The number of fused-ring (bicyclic) bond motifs is 1. The van der Waals surface area contributed by atoms with Crippen molar-refractivity contribution in [3.63, 3.8) is 0 Å². The smallest absolute Gasteiger partial charge is 0.0528 e. The van der Waals surface area contributed by atoms with E-state index < -0.39 is 0 Å². The number of nitrogens with one attached hydrogen (secondary N) is 1. The summed E-state index contributed by atoms with van der Waals surface area (Å²) in [5, 5.41) is 1.28. The van der Waals surface area contributed by atoms with Crippen molar-refractivity contribution in [2.75, 3.05) is 0 Å². The fourth-order valence-electron chi connectivity index (χ4n) is 1.97. The van der Waals surface area contributed by atoms with Crippen LogP contribution in [0.1, 0.15) is 57.3 Å². The molecule has 0 saturated carbocycles. The summed E-state index contributed by atoms with van der Waals surface area (Å²) in [6.07, 6.45) is 3.14. The van der Waals surface area contributed by atoms with Gasteiger partial charge in [0.2, 0.25) is 0 Å². The van der Waals surface area contributed by atoms with Crippen molar-refractivity contribution >= 4 is 10.9 Å². The van der Waals surface area contributed by atoms with Gasteiger partial charge < -0.3 is 4.98 Å². The molecule has 2 heterocycles. The molecule has 2 aromatic rings. The van der Waals surface area contributed by atoms with Gasteiger partial charge in [0.25, 0.3) is 0 Å². The van der Waals surface area contributed by atoms with Gasteiger partial charge in [-0.25, -0.2) is 0 Å². The average molecular weight is 216 g/mol. The van der Waals surface area contributed by atoms with Crippen LogP contribution in [0.5, 0.6) is 0 Å². The van der Waals surface area contributed by atoms with E-state index in [0.717, 1.165) is 6.42 Å². The summed E-state index contributed by atoms with van der Waals surface area (Å²) >= 11 is 0. The second-order valence-corrected chi connectivity index (χ2v) is 4.84. The van der Waals surface area contributed by atoms with E-state index in [1.54, 1.807) is 0 Å². The molecule has 0 radical (unpaired) electrons. The fraction of sp³-hybridized carbons (Fsp3) is 0.500. The molecule has 2 heteroatoms. The predicted molar refractivity (Wildman–Crippen MR) is 68.9 cm³/mol. The summed E-state index contributed by atoms with van der Waals surface area (Å²) in [6.45, 7) is 8.85. The van der Waals surface area contributed by atoms with Gasteiger partial charge in [0.1, 0.15) is 0 Å². The minimum absolute atomic E-state index is 0.482. The molecule has 1 unspecified atom stereocenters. The maximum Gasteiger partial charge on any atom is 0.0528 e. The van der Waals surface area contributed by atoms with E-state index in [-0.39, 0.29) is 0 Å². The summed E-state index contributed by atoms with van der Waals surface area (Å²) in [5.74, 6) is 1.01. The molecule has 0 fully saturated rings. The van der Waals surface area contributed by atoms with Crippen LogP contribution < -0.4 is 0 Å². The molecule has 16 heavy (non-hydrogen) atoms. The molecular formula is C14H20N2. The SMILES string of the molecule is CCC(C)c1nc(C(C)C)cc2[nH]ccc12. The number of hydrogen-bond donors (Lipinski definition) is 1. The van der Waals surface area contributed by atoms with Crippen molar-refractivity contribution in [1.29, 1.82) is 0 Å². The summed E-state index contributed by atoms with van der Waals surface area (Å²) in [4.78, 5) is 8.12. The van der Waals surface area contributed by atoms with Crippen LogP contribution in [0.2, 0.25) is 0 Å². The van der Waals surface area contributed by atoms with Crippen molar-refractivity contribution in [2.24, 2.45) is 0 Å². The second kappa shape index (κ2) is 4.28. The molecular weight excluding hydrogens is 196 g/mol. The standard InChI is InChI=1S/C14H20N2/c1-5-10(4)14-11-6-7-15-13(11)8-12(16-14)9(2)3/h6-10,15H,5H2,1-4H3. The molecule has 0 aliphatic rings. The molecule has 0 amide bonds. The van der Waals surface area contributed by atoms with Gasteiger partial charge in [-0.05, 0) is 30.4 Å². The Hall–Kier alpha value is -1.31. The Bertz CT molecular complexity index is 482. The number of H-pyrrole nitrogens is 1. The molecule has 0 spiro atoms. The molecule has 1 N–H and O–H groups in total. The number of aromatic nitrogens is 2. The van der Waals surface area contributed by atoms with Gasteiger partial charge >= 0.3 is 0 Å². The summed E-state index contributed by atoms with van der Waals surface area (Å²) in [5.41, 5.74) is 3.64. The van der Waals surface area contributed by atoms with Crippen LogP contribution in [-0.2, 0) is 0 Å². The van der Waals surface area contributed by atoms with Gasteiger partial charge in [-0.2, -0.15) is 0 Å². The first-order valence-corrected chi connectivity index (χ1v) is 6.11. The lowest BCUT2D eigenvalue weighted by molar-refractivity contribution is 0.700. The molecule has 86 valence electrons. The lowest BCUT2D eigenvalue weighted by atomic mass is 9.99. The predicted octanol–water partition coefficient (Wildman–Crippen LogP) is 4.20. The highest BCUT2D eigenvalue weighted by Crippen LogP contribution is 2.28. The average Bonchev–Trinajstić information content (AvgIpc) is 2.74. The normalized spacial score (nSPS) is 13.6. The minimum atomic E-state index is 0.482. The summed E-state index contributed by atoms with van der Waals surface area (Å²) < 4.78 is 0. The first-order valence-electron chi connectivity index (χ1n) is 6.11. The van der Waals surface area contributed by atoms with Crippen molar-refractivity contribution < 1.29 is 0 Å². The van der Waals surface area contributed by atoms with Crippen LogP contribution in [0.4, 0.5) is 0 Å². The number of pyridine rings is 1. The molecule has 1 atom stereocenters. The number of rotatable bonds is 3. The van der Waals surface area contributed by atoms with E-state index in [2.05, 4.69) is 44.8 Å². The third-order valence-corrected chi connectivity index (χ3v) is 3.27. The molecule has 0 aromatic carbocycles. The number of nitrogens with zero attached hydrogens (tertiary/aromatic N) is 1. The van der Waals surface area contributed by atoms with E-state index in [4.69, 9.17) is 4.98 Å². The van der Waals surface area contributed by atoms with E-state index >= 15 is 0 Å². The topological polar surface area (TPSA) is 28.7 Å². The zero-order chi connectivity index (χ0) is 11.7. The summed E-state index contributed by atoms with van der Waals surface area (Å²) in [6, 6.07) is 4.31. The third kappa shape index (κ3) is 1.84. The highest BCUT2D eigenvalue weighted by atomic mass is 14.8. The Kier molecular flexibility index (Phi) is 2.99. The van der Waals surface area contributed by atoms with E-state index in [9.17, 15) is 0 Å². The number of hydrogen-bond acceptors (Lipinski definition) is 1. The molecule has 0 aliphatic carbocycles. The lowest BCUT2D eigenvalue weighted by Gasteiger charge is -2.13. The minimum Gasteiger partial charge on any atom is -0.361 e.